The fraction of sp³-hybridized carbons (Fsp3) is 0.250. The van der Waals surface area contributed by atoms with Crippen molar-refractivity contribution in [2.75, 3.05) is 5.88 Å². The highest BCUT2D eigenvalue weighted by molar-refractivity contribution is 6.17. The van der Waals surface area contributed by atoms with E-state index in [0.29, 0.717) is 24.4 Å². The molecule has 0 radical (unpaired) electrons. The van der Waals surface area contributed by atoms with Crippen LogP contribution in [0.4, 0.5) is 4.39 Å². The molecule has 108 valence electrons. The molecule has 0 fully saturated rings. The first-order valence-corrected chi connectivity index (χ1v) is 7.34. The van der Waals surface area contributed by atoms with Gasteiger partial charge in [-0.05, 0) is 30.7 Å². The summed E-state index contributed by atoms with van der Waals surface area (Å²) >= 11 is 5.85. The molecule has 2 aromatic heterocycles. The Morgan fingerprint density at radius 2 is 2.10 bits per heavy atom. The third-order valence-electron chi connectivity index (χ3n) is 3.55. The summed E-state index contributed by atoms with van der Waals surface area (Å²) < 4.78 is 15.9. The number of rotatable bonds is 4. The Morgan fingerprint density at radius 3 is 2.86 bits per heavy atom. The highest BCUT2D eigenvalue weighted by Gasteiger charge is 2.14. The smallest absolute Gasteiger partial charge is 0.151 e. The molecule has 3 rings (SSSR count). The molecule has 0 saturated heterocycles. The van der Waals surface area contributed by atoms with E-state index in [1.807, 2.05) is 29.7 Å². The molecule has 0 aliphatic carbocycles. The number of hydrogen-bond donors (Lipinski definition) is 0. The van der Waals surface area contributed by atoms with Gasteiger partial charge in [-0.15, -0.1) is 11.6 Å². The lowest BCUT2D eigenvalue weighted by molar-refractivity contribution is 0.637. The standard InChI is InChI=1S/C16H15ClFN3/c1-11-4-3-9-19-13(11)10-21-14-6-2-5-12(18)16(14)20-15(21)7-8-17/h2-6,9H,7-8,10H2,1H3. The van der Waals surface area contributed by atoms with Crippen LogP contribution >= 0.6 is 11.6 Å². The van der Waals surface area contributed by atoms with E-state index < -0.39 is 0 Å². The van der Waals surface area contributed by atoms with E-state index >= 15 is 0 Å². The number of imidazole rings is 1. The predicted octanol–water partition coefficient (Wildman–Crippen LogP) is 3.71. The van der Waals surface area contributed by atoms with E-state index in [-0.39, 0.29) is 5.82 Å². The maximum atomic E-state index is 13.9. The van der Waals surface area contributed by atoms with E-state index in [1.165, 1.54) is 6.07 Å². The van der Waals surface area contributed by atoms with Crippen LogP contribution in [0.1, 0.15) is 17.1 Å². The largest absolute Gasteiger partial charge is 0.322 e. The predicted molar refractivity (Wildman–Crippen MR) is 82.2 cm³/mol. The average Bonchev–Trinajstić information content (AvgIpc) is 2.82. The van der Waals surface area contributed by atoms with Crippen molar-refractivity contribution in [3.8, 4) is 0 Å². The van der Waals surface area contributed by atoms with Crippen LogP contribution in [-0.2, 0) is 13.0 Å². The Bertz CT molecular complexity index is 782. The van der Waals surface area contributed by atoms with Gasteiger partial charge in [-0.25, -0.2) is 9.37 Å². The van der Waals surface area contributed by atoms with Gasteiger partial charge in [0.1, 0.15) is 11.3 Å². The van der Waals surface area contributed by atoms with Crippen molar-refractivity contribution in [1.82, 2.24) is 14.5 Å². The third kappa shape index (κ3) is 2.63. The van der Waals surface area contributed by atoms with E-state index in [9.17, 15) is 4.39 Å². The quantitative estimate of drug-likeness (QED) is 0.688. The average molecular weight is 304 g/mol. The molecule has 0 spiro atoms. The van der Waals surface area contributed by atoms with Gasteiger partial charge in [-0.1, -0.05) is 12.1 Å². The zero-order chi connectivity index (χ0) is 14.8. The summed E-state index contributed by atoms with van der Waals surface area (Å²) in [6, 6.07) is 8.93. The second-order valence-electron chi connectivity index (χ2n) is 4.93. The fourth-order valence-corrected chi connectivity index (χ4v) is 2.62. The highest BCUT2D eigenvalue weighted by Crippen LogP contribution is 2.21. The maximum absolute atomic E-state index is 13.9. The van der Waals surface area contributed by atoms with E-state index in [1.54, 1.807) is 12.3 Å². The molecule has 0 saturated carbocycles. The molecule has 0 aliphatic heterocycles. The van der Waals surface area contributed by atoms with E-state index in [2.05, 4.69) is 9.97 Å². The molecule has 2 heterocycles. The third-order valence-corrected chi connectivity index (χ3v) is 3.74. The first kappa shape index (κ1) is 14.0. The number of fused-ring (bicyclic) bond motifs is 1. The van der Waals surface area contributed by atoms with Crippen molar-refractivity contribution in [3.05, 3.63) is 59.4 Å². The Hall–Kier alpha value is -1.94. The molecule has 0 amide bonds. The number of alkyl halides is 1. The lowest BCUT2D eigenvalue weighted by atomic mass is 10.2. The number of benzene rings is 1. The van der Waals surface area contributed by atoms with Crippen molar-refractivity contribution in [3.63, 3.8) is 0 Å². The summed E-state index contributed by atoms with van der Waals surface area (Å²) in [5.74, 6) is 0.932. The first-order valence-electron chi connectivity index (χ1n) is 6.81. The van der Waals surface area contributed by atoms with Gasteiger partial charge in [0.15, 0.2) is 5.82 Å². The molecular formula is C16H15ClFN3. The molecule has 0 atom stereocenters. The van der Waals surface area contributed by atoms with Crippen molar-refractivity contribution in [2.24, 2.45) is 0 Å². The van der Waals surface area contributed by atoms with Gasteiger partial charge in [0, 0.05) is 18.5 Å². The molecule has 5 heteroatoms. The van der Waals surface area contributed by atoms with Crippen LogP contribution in [-0.4, -0.2) is 20.4 Å². The molecule has 3 aromatic rings. The zero-order valence-electron chi connectivity index (χ0n) is 11.7. The number of nitrogens with zero attached hydrogens (tertiary/aromatic N) is 3. The van der Waals surface area contributed by atoms with Crippen molar-refractivity contribution < 1.29 is 4.39 Å². The van der Waals surface area contributed by atoms with Gasteiger partial charge in [-0.3, -0.25) is 4.98 Å². The number of pyridine rings is 1. The number of para-hydroxylation sites is 1. The maximum Gasteiger partial charge on any atom is 0.151 e. The molecule has 0 N–H and O–H groups in total. The second-order valence-corrected chi connectivity index (χ2v) is 5.31. The molecule has 1 aromatic carbocycles. The van der Waals surface area contributed by atoms with Crippen LogP contribution in [0.2, 0.25) is 0 Å². The van der Waals surface area contributed by atoms with Crippen LogP contribution in [0.25, 0.3) is 11.0 Å². The second kappa shape index (κ2) is 5.82. The van der Waals surface area contributed by atoms with Gasteiger partial charge in [0.2, 0.25) is 0 Å². The minimum Gasteiger partial charge on any atom is -0.322 e. The number of aryl methyl sites for hydroxylation is 2. The lowest BCUT2D eigenvalue weighted by Gasteiger charge is -2.10. The van der Waals surface area contributed by atoms with E-state index in [4.69, 9.17) is 11.6 Å². The first-order chi connectivity index (χ1) is 10.2. The van der Waals surface area contributed by atoms with Gasteiger partial charge in [0.05, 0.1) is 17.8 Å². The zero-order valence-corrected chi connectivity index (χ0v) is 12.4. The number of hydrogen-bond acceptors (Lipinski definition) is 2. The van der Waals surface area contributed by atoms with Crippen molar-refractivity contribution in [1.29, 1.82) is 0 Å². The van der Waals surface area contributed by atoms with Gasteiger partial charge in [0.25, 0.3) is 0 Å². The van der Waals surface area contributed by atoms with E-state index in [0.717, 1.165) is 22.6 Å². The highest BCUT2D eigenvalue weighted by atomic mass is 35.5. The van der Waals surface area contributed by atoms with Gasteiger partial charge < -0.3 is 4.57 Å². The molecule has 21 heavy (non-hydrogen) atoms. The van der Waals surface area contributed by atoms with Crippen LogP contribution in [0.5, 0.6) is 0 Å². The molecule has 0 bridgehead atoms. The van der Waals surface area contributed by atoms with Crippen molar-refractivity contribution >= 4 is 22.6 Å². The minimum atomic E-state index is -0.306. The number of aromatic nitrogens is 3. The summed E-state index contributed by atoms with van der Waals surface area (Å²) in [5.41, 5.74) is 3.23. The van der Waals surface area contributed by atoms with Gasteiger partial charge >= 0.3 is 0 Å². The van der Waals surface area contributed by atoms with Crippen LogP contribution < -0.4 is 0 Å². The summed E-state index contributed by atoms with van der Waals surface area (Å²) in [6.45, 7) is 2.59. The normalized spacial score (nSPS) is 11.2. The summed E-state index contributed by atoms with van der Waals surface area (Å²) in [7, 11) is 0. The van der Waals surface area contributed by atoms with Crippen LogP contribution in [0.15, 0.2) is 36.5 Å². The van der Waals surface area contributed by atoms with Gasteiger partial charge in [-0.2, -0.15) is 0 Å². The Kier molecular flexibility index (Phi) is 3.88. The molecule has 0 aliphatic rings. The summed E-state index contributed by atoms with van der Waals surface area (Å²) in [6.07, 6.45) is 2.37. The minimum absolute atomic E-state index is 0.306. The molecular weight excluding hydrogens is 289 g/mol. The van der Waals surface area contributed by atoms with Crippen molar-refractivity contribution in [2.45, 2.75) is 19.9 Å². The van der Waals surface area contributed by atoms with Crippen LogP contribution in [0.3, 0.4) is 0 Å². The molecule has 3 nitrogen and oxygen atoms in total. The Balaban J connectivity index is 2.13. The van der Waals surface area contributed by atoms with Crippen LogP contribution in [0, 0.1) is 12.7 Å². The monoisotopic (exact) mass is 303 g/mol. The topological polar surface area (TPSA) is 30.7 Å². The summed E-state index contributed by atoms with van der Waals surface area (Å²) in [4.78, 5) is 8.81. The lowest BCUT2D eigenvalue weighted by Crippen LogP contribution is -2.08. The number of halogens is 2. The Labute approximate surface area is 127 Å². The summed E-state index contributed by atoms with van der Waals surface area (Å²) in [5, 5.41) is 0. The Morgan fingerprint density at radius 1 is 1.24 bits per heavy atom. The SMILES string of the molecule is Cc1cccnc1Cn1c(CCCl)nc2c(F)cccc21. The fourth-order valence-electron chi connectivity index (χ4n) is 2.45. The molecule has 0 unspecified atom stereocenters.